The Labute approximate surface area is 117 Å². The van der Waals surface area contributed by atoms with E-state index in [0.29, 0.717) is 13.1 Å². The van der Waals surface area contributed by atoms with Crippen molar-refractivity contribution in [3.05, 3.63) is 29.8 Å². The number of carbonyl (C=O) groups is 1. The summed E-state index contributed by atoms with van der Waals surface area (Å²) in [4.78, 5) is 13.0. The number of aryl methyl sites for hydroxylation is 1. The largest absolute Gasteiger partial charge is 0.338 e. The van der Waals surface area contributed by atoms with E-state index in [4.69, 9.17) is 11.6 Å². The van der Waals surface area contributed by atoms with Crippen molar-refractivity contribution in [3.63, 3.8) is 0 Å². The van der Waals surface area contributed by atoms with Crippen molar-refractivity contribution in [2.24, 2.45) is 0 Å². The molecule has 0 aliphatic carbocycles. The second-order valence-corrected chi connectivity index (χ2v) is 6.54. The molecule has 1 aromatic carbocycles. The summed E-state index contributed by atoms with van der Waals surface area (Å²) in [5.41, 5.74) is 1.00. The van der Waals surface area contributed by atoms with Crippen LogP contribution in [0.15, 0.2) is 29.2 Å². The number of carbonyl (C=O) groups excluding carboxylic acids is 1. The second-order valence-electron chi connectivity index (χ2n) is 4.56. The molecule has 0 spiro atoms. The molecule has 1 amide bonds. The molecular formula is C12H15ClN2O3S. The molecule has 1 N–H and O–H groups in total. The molecular weight excluding hydrogens is 288 g/mol. The molecule has 1 heterocycles. The van der Waals surface area contributed by atoms with Gasteiger partial charge < -0.3 is 4.90 Å². The number of nitrogens with one attached hydrogen (secondary N) is 1. The van der Waals surface area contributed by atoms with E-state index in [-0.39, 0.29) is 22.7 Å². The summed E-state index contributed by atoms with van der Waals surface area (Å²) in [5, 5.41) is 0. The Morgan fingerprint density at radius 3 is 2.47 bits per heavy atom. The molecule has 1 aromatic rings. The van der Waals surface area contributed by atoms with Crippen LogP contribution >= 0.6 is 11.6 Å². The Hall–Kier alpha value is -1.11. The number of benzene rings is 1. The molecule has 2 rings (SSSR count). The van der Waals surface area contributed by atoms with Gasteiger partial charge in [0.25, 0.3) is 0 Å². The lowest BCUT2D eigenvalue weighted by Crippen LogP contribution is -2.61. The molecule has 0 atom stereocenters. The third-order valence-electron chi connectivity index (χ3n) is 3.00. The van der Waals surface area contributed by atoms with Gasteiger partial charge in [-0.1, -0.05) is 17.7 Å². The summed E-state index contributed by atoms with van der Waals surface area (Å²) < 4.78 is 26.7. The number of rotatable bonds is 4. The smallest absolute Gasteiger partial charge is 0.240 e. The monoisotopic (exact) mass is 302 g/mol. The van der Waals surface area contributed by atoms with Gasteiger partial charge in [0.05, 0.1) is 10.9 Å². The lowest BCUT2D eigenvalue weighted by molar-refractivity contribution is -0.132. The van der Waals surface area contributed by atoms with Crippen molar-refractivity contribution in [1.29, 1.82) is 0 Å². The lowest BCUT2D eigenvalue weighted by Gasteiger charge is -2.38. The van der Waals surface area contributed by atoms with E-state index in [9.17, 15) is 13.2 Å². The topological polar surface area (TPSA) is 66.5 Å². The van der Waals surface area contributed by atoms with Gasteiger partial charge in [0.1, 0.15) is 5.88 Å². The van der Waals surface area contributed by atoms with Gasteiger partial charge in [-0.05, 0) is 19.1 Å². The zero-order chi connectivity index (χ0) is 14.0. The number of alkyl halides is 1. The maximum Gasteiger partial charge on any atom is 0.240 e. The van der Waals surface area contributed by atoms with Crippen LogP contribution in [-0.4, -0.2) is 44.2 Å². The minimum Gasteiger partial charge on any atom is -0.338 e. The van der Waals surface area contributed by atoms with Gasteiger partial charge in [-0.3, -0.25) is 4.79 Å². The standard InChI is InChI=1S/C12H15ClN2O3S/c1-9-2-4-11(5-3-9)19(17,18)14-10-7-15(8-10)12(16)6-13/h2-5,10,14H,6-8H2,1H3. The van der Waals surface area contributed by atoms with Crippen LogP contribution in [0.4, 0.5) is 0 Å². The number of hydrogen-bond acceptors (Lipinski definition) is 3. The summed E-state index contributed by atoms with van der Waals surface area (Å²) in [6, 6.07) is 6.39. The fourth-order valence-corrected chi connectivity index (χ4v) is 3.23. The molecule has 104 valence electrons. The van der Waals surface area contributed by atoms with E-state index in [2.05, 4.69) is 4.72 Å². The van der Waals surface area contributed by atoms with E-state index in [1.54, 1.807) is 24.3 Å². The van der Waals surface area contributed by atoms with Gasteiger partial charge in [-0.2, -0.15) is 0 Å². The van der Waals surface area contributed by atoms with Crippen molar-refractivity contribution in [1.82, 2.24) is 9.62 Å². The summed E-state index contributed by atoms with van der Waals surface area (Å²) >= 11 is 5.42. The molecule has 1 fully saturated rings. The predicted molar refractivity (Wildman–Crippen MR) is 72.6 cm³/mol. The highest BCUT2D eigenvalue weighted by molar-refractivity contribution is 7.89. The van der Waals surface area contributed by atoms with Gasteiger partial charge in [0.15, 0.2) is 0 Å². The molecule has 0 aromatic heterocycles. The molecule has 0 bridgehead atoms. The first-order valence-corrected chi connectivity index (χ1v) is 7.87. The molecule has 5 nitrogen and oxygen atoms in total. The van der Waals surface area contributed by atoms with Crippen molar-refractivity contribution in [3.8, 4) is 0 Å². The Morgan fingerprint density at radius 1 is 1.37 bits per heavy atom. The second kappa shape index (κ2) is 5.48. The highest BCUT2D eigenvalue weighted by Gasteiger charge is 2.33. The van der Waals surface area contributed by atoms with E-state index in [1.165, 1.54) is 4.90 Å². The highest BCUT2D eigenvalue weighted by atomic mass is 35.5. The Bertz CT molecular complexity index is 565. The first kappa shape index (κ1) is 14.3. The Morgan fingerprint density at radius 2 is 1.95 bits per heavy atom. The molecule has 7 heteroatoms. The summed E-state index contributed by atoms with van der Waals surface area (Å²) in [5.74, 6) is -0.246. The minimum absolute atomic E-state index is 0.0720. The average Bonchev–Trinajstić information content (AvgIpc) is 2.33. The number of likely N-dealkylation sites (tertiary alicyclic amines) is 1. The van der Waals surface area contributed by atoms with Crippen LogP contribution in [0.5, 0.6) is 0 Å². The third kappa shape index (κ3) is 3.26. The quantitative estimate of drug-likeness (QED) is 0.834. The molecule has 0 saturated carbocycles. The average molecular weight is 303 g/mol. The first-order valence-electron chi connectivity index (χ1n) is 5.85. The highest BCUT2D eigenvalue weighted by Crippen LogP contribution is 2.14. The summed E-state index contributed by atoms with van der Waals surface area (Å²) in [6.45, 7) is 2.64. The SMILES string of the molecule is Cc1ccc(S(=O)(=O)NC2CN(C(=O)CCl)C2)cc1. The van der Waals surface area contributed by atoms with Crippen molar-refractivity contribution >= 4 is 27.5 Å². The van der Waals surface area contributed by atoms with Gasteiger partial charge in [-0.25, -0.2) is 13.1 Å². The molecule has 0 radical (unpaired) electrons. The summed E-state index contributed by atoms with van der Waals surface area (Å²) in [6.07, 6.45) is 0. The predicted octanol–water partition coefficient (Wildman–Crippen LogP) is 0.723. The van der Waals surface area contributed by atoms with Gasteiger partial charge in [0, 0.05) is 13.1 Å². The fourth-order valence-electron chi connectivity index (χ4n) is 1.85. The van der Waals surface area contributed by atoms with Crippen LogP contribution in [0.2, 0.25) is 0 Å². The van der Waals surface area contributed by atoms with Crippen LogP contribution in [0, 0.1) is 6.92 Å². The van der Waals surface area contributed by atoms with Crippen molar-refractivity contribution < 1.29 is 13.2 Å². The molecule has 1 saturated heterocycles. The van der Waals surface area contributed by atoms with E-state index >= 15 is 0 Å². The number of halogens is 1. The van der Waals surface area contributed by atoms with E-state index in [0.717, 1.165) is 5.56 Å². The van der Waals surface area contributed by atoms with Crippen molar-refractivity contribution in [2.75, 3.05) is 19.0 Å². The van der Waals surface area contributed by atoms with E-state index < -0.39 is 10.0 Å². The molecule has 1 aliphatic rings. The number of nitrogens with zero attached hydrogens (tertiary/aromatic N) is 1. The van der Waals surface area contributed by atoms with Crippen LogP contribution in [-0.2, 0) is 14.8 Å². The third-order valence-corrected chi connectivity index (χ3v) is 4.77. The maximum atomic E-state index is 12.1. The number of sulfonamides is 1. The Kier molecular flexibility index (Phi) is 4.13. The van der Waals surface area contributed by atoms with Crippen LogP contribution < -0.4 is 4.72 Å². The van der Waals surface area contributed by atoms with Crippen LogP contribution in [0.1, 0.15) is 5.56 Å². The molecule has 19 heavy (non-hydrogen) atoms. The van der Waals surface area contributed by atoms with Gasteiger partial charge >= 0.3 is 0 Å². The molecule has 1 aliphatic heterocycles. The maximum absolute atomic E-state index is 12.1. The lowest BCUT2D eigenvalue weighted by atomic mass is 10.1. The normalized spacial score (nSPS) is 16.2. The molecule has 0 unspecified atom stereocenters. The Balaban J connectivity index is 1.97. The fraction of sp³-hybridized carbons (Fsp3) is 0.417. The first-order chi connectivity index (χ1) is 8.92. The van der Waals surface area contributed by atoms with Gasteiger partial charge in [0.2, 0.25) is 15.9 Å². The number of amides is 1. The zero-order valence-electron chi connectivity index (χ0n) is 10.5. The van der Waals surface area contributed by atoms with Gasteiger partial charge in [-0.15, -0.1) is 11.6 Å². The zero-order valence-corrected chi connectivity index (χ0v) is 12.0. The van der Waals surface area contributed by atoms with Crippen LogP contribution in [0.25, 0.3) is 0 Å². The number of hydrogen-bond donors (Lipinski definition) is 1. The summed E-state index contributed by atoms with van der Waals surface area (Å²) in [7, 11) is -3.51. The minimum atomic E-state index is -3.51. The van der Waals surface area contributed by atoms with Crippen molar-refractivity contribution in [2.45, 2.75) is 17.9 Å². The van der Waals surface area contributed by atoms with E-state index in [1.807, 2.05) is 6.92 Å². The van der Waals surface area contributed by atoms with Crippen LogP contribution in [0.3, 0.4) is 0 Å².